The number of primary amides is 1. The minimum Gasteiger partial charge on any atom is -0.369 e. The van der Waals surface area contributed by atoms with Crippen LogP contribution >= 0.6 is 0 Å². The van der Waals surface area contributed by atoms with Crippen molar-refractivity contribution in [1.29, 1.82) is 0 Å². The third-order valence-corrected chi connectivity index (χ3v) is 3.78. The van der Waals surface area contributed by atoms with Gasteiger partial charge in [-0.3, -0.25) is 9.69 Å². The van der Waals surface area contributed by atoms with Gasteiger partial charge < -0.3 is 16.4 Å². The van der Waals surface area contributed by atoms with Crippen LogP contribution in [0.4, 0.5) is 0 Å². The highest BCUT2D eigenvalue weighted by atomic mass is 16.1. The molecule has 2 aliphatic heterocycles. The van der Waals surface area contributed by atoms with Crippen molar-refractivity contribution in [2.24, 2.45) is 5.73 Å². The van der Waals surface area contributed by atoms with E-state index >= 15 is 0 Å². The zero-order chi connectivity index (χ0) is 12.1. The van der Waals surface area contributed by atoms with E-state index in [0.29, 0.717) is 18.6 Å². The van der Waals surface area contributed by atoms with Gasteiger partial charge in [-0.1, -0.05) is 0 Å². The molecule has 17 heavy (non-hydrogen) atoms. The summed E-state index contributed by atoms with van der Waals surface area (Å²) < 4.78 is 0. The predicted octanol–water partition coefficient (Wildman–Crippen LogP) is -0.722. The Labute approximate surface area is 103 Å². The summed E-state index contributed by atoms with van der Waals surface area (Å²) in [5.74, 6) is -0.213. The molecule has 2 saturated heterocycles. The summed E-state index contributed by atoms with van der Waals surface area (Å²) in [6, 6.07) is 1.31. The highest BCUT2D eigenvalue weighted by Gasteiger charge is 2.22. The quantitative estimate of drug-likeness (QED) is 0.606. The minimum absolute atomic E-state index is 0.213. The van der Waals surface area contributed by atoms with Crippen LogP contribution in [0.25, 0.3) is 0 Å². The molecule has 98 valence electrons. The van der Waals surface area contributed by atoms with Gasteiger partial charge in [0.15, 0.2) is 0 Å². The minimum atomic E-state index is -0.213. The second-order valence-corrected chi connectivity index (χ2v) is 5.21. The number of hydrogen-bond donors (Lipinski definition) is 3. The predicted molar refractivity (Wildman–Crippen MR) is 67.7 cm³/mol. The van der Waals surface area contributed by atoms with Gasteiger partial charge in [0, 0.05) is 25.2 Å². The Hall–Kier alpha value is -0.650. The molecule has 2 heterocycles. The highest BCUT2D eigenvalue weighted by molar-refractivity contribution is 5.75. The second kappa shape index (κ2) is 6.33. The van der Waals surface area contributed by atoms with Gasteiger partial charge in [0.2, 0.25) is 5.91 Å². The molecule has 0 atom stereocenters. The van der Waals surface area contributed by atoms with E-state index in [0.717, 1.165) is 39.0 Å². The third-order valence-electron chi connectivity index (χ3n) is 3.78. The second-order valence-electron chi connectivity index (χ2n) is 5.21. The topological polar surface area (TPSA) is 70.4 Å². The van der Waals surface area contributed by atoms with Crippen LogP contribution in [-0.2, 0) is 4.79 Å². The van der Waals surface area contributed by atoms with Gasteiger partial charge >= 0.3 is 0 Å². The van der Waals surface area contributed by atoms with Crippen LogP contribution in [0, 0.1) is 0 Å². The summed E-state index contributed by atoms with van der Waals surface area (Å²) in [5.41, 5.74) is 5.20. The zero-order valence-electron chi connectivity index (χ0n) is 10.5. The van der Waals surface area contributed by atoms with Crippen molar-refractivity contribution in [3.8, 4) is 0 Å². The fraction of sp³-hybridized carbons (Fsp3) is 0.917. The van der Waals surface area contributed by atoms with Crippen LogP contribution in [-0.4, -0.2) is 55.6 Å². The molecule has 5 nitrogen and oxygen atoms in total. The summed E-state index contributed by atoms with van der Waals surface area (Å²) >= 11 is 0. The first-order valence-corrected chi connectivity index (χ1v) is 6.71. The molecule has 2 rings (SSSR count). The fourth-order valence-corrected chi connectivity index (χ4v) is 2.80. The van der Waals surface area contributed by atoms with Gasteiger partial charge in [0.25, 0.3) is 0 Å². The number of hydrogen-bond acceptors (Lipinski definition) is 4. The van der Waals surface area contributed by atoms with E-state index in [4.69, 9.17) is 5.73 Å². The molecule has 0 aromatic heterocycles. The van der Waals surface area contributed by atoms with Crippen molar-refractivity contribution < 1.29 is 4.79 Å². The number of nitrogens with one attached hydrogen (secondary N) is 2. The SMILES string of the molecule is NC(=O)CN1CCC(NC2CCNCC2)CC1. The van der Waals surface area contributed by atoms with Crippen molar-refractivity contribution in [2.75, 3.05) is 32.7 Å². The molecule has 0 aromatic rings. The molecule has 1 amide bonds. The average molecular weight is 240 g/mol. The average Bonchev–Trinajstić information content (AvgIpc) is 2.32. The fourth-order valence-electron chi connectivity index (χ4n) is 2.80. The maximum Gasteiger partial charge on any atom is 0.231 e. The van der Waals surface area contributed by atoms with Gasteiger partial charge in [-0.25, -0.2) is 0 Å². The zero-order valence-corrected chi connectivity index (χ0v) is 10.5. The lowest BCUT2D eigenvalue weighted by atomic mass is 10.0. The van der Waals surface area contributed by atoms with Gasteiger partial charge in [-0.2, -0.15) is 0 Å². The molecule has 0 spiro atoms. The summed E-state index contributed by atoms with van der Waals surface area (Å²) in [6.07, 6.45) is 4.75. The van der Waals surface area contributed by atoms with E-state index in [2.05, 4.69) is 15.5 Å². The molecule has 2 aliphatic rings. The molecular formula is C12H24N4O. The lowest BCUT2D eigenvalue weighted by Crippen LogP contribution is -2.50. The molecule has 2 fully saturated rings. The summed E-state index contributed by atoms with van der Waals surface area (Å²) in [7, 11) is 0. The standard InChI is InChI=1S/C12H24N4O/c13-12(17)9-16-7-3-11(4-8-16)15-10-1-5-14-6-2-10/h10-11,14-15H,1-9H2,(H2,13,17). The number of piperidine rings is 2. The van der Waals surface area contributed by atoms with Crippen LogP contribution in [0.3, 0.4) is 0 Å². The number of carbonyl (C=O) groups is 1. The van der Waals surface area contributed by atoms with E-state index in [-0.39, 0.29) is 5.91 Å². The monoisotopic (exact) mass is 240 g/mol. The summed E-state index contributed by atoms with van der Waals surface area (Å²) in [6.45, 7) is 4.67. The lowest BCUT2D eigenvalue weighted by Gasteiger charge is -2.35. The lowest BCUT2D eigenvalue weighted by molar-refractivity contribution is -0.119. The Morgan fingerprint density at radius 3 is 2.35 bits per heavy atom. The number of amides is 1. The molecule has 0 bridgehead atoms. The van der Waals surface area contributed by atoms with E-state index in [9.17, 15) is 4.79 Å². The Bertz CT molecular complexity index is 245. The Kier molecular flexibility index (Phi) is 4.76. The van der Waals surface area contributed by atoms with Crippen LogP contribution < -0.4 is 16.4 Å². The van der Waals surface area contributed by atoms with Crippen molar-refractivity contribution in [3.05, 3.63) is 0 Å². The first kappa shape index (κ1) is 12.8. The third kappa shape index (κ3) is 4.26. The van der Waals surface area contributed by atoms with Crippen molar-refractivity contribution in [3.63, 3.8) is 0 Å². The molecule has 5 heteroatoms. The van der Waals surface area contributed by atoms with Crippen LogP contribution in [0.5, 0.6) is 0 Å². The van der Waals surface area contributed by atoms with E-state index in [1.165, 1.54) is 12.8 Å². The molecule has 0 unspecified atom stereocenters. The van der Waals surface area contributed by atoms with Crippen molar-refractivity contribution >= 4 is 5.91 Å². The van der Waals surface area contributed by atoms with Gasteiger partial charge in [0.1, 0.15) is 0 Å². The molecular weight excluding hydrogens is 216 g/mol. The maximum absolute atomic E-state index is 10.8. The van der Waals surface area contributed by atoms with E-state index < -0.39 is 0 Å². The first-order valence-electron chi connectivity index (χ1n) is 6.71. The van der Waals surface area contributed by atoms with Gasteiger partial charge in [-0.15, -0.1) is 0 Å². The normalized spacial score (nSPS) is 24.9. The van der Waals surface area contributed by atoms with Crippen LogP contribution in [0.1, 0.15) is 25.7 Å². The number of nitrogens with zero attached hydrogens (tertiary/aromatic N) is 1. The van der Waals surface area contributed by atoms with Crippen molar-refractivity contribution in [2.45, 2.75) is 37.8 Å². The molecule has 0 aromatic carbocycles. The molecule has 0 saturated carbocycles. The van der Waals surface area contributed by atoms with E-state index in [1.54, 1.807) is 0 Å². The summed E-state index contributed by atoms with van der Waals surface area (Å²) in [4.78, 5) is 13.0. The smallest absolute Gasteiger partial charge is 0.231 e. The van der Waals surface area contributed by atoms with Crippen LogP contribution in [0.2, 0.25) is 0 Å². The van der Waals surface area contributed by atoms with Crippen molar-refractivity contribution in [1.82, 2.24) is 15.5 Å². The van der Waals surface area contributed by atoms with E-state index in [1.807, 2.05) is 0 Å². The maximum atomic E-state index is 10.8. The Morgan fingerprint density at radius 1 is 1.18 bits per heavy atom. The number of nitrogens with two attached hydrogens (primary N) is 1. The Morgan fingerprint density at radius 2 is 1.76 bits per heavy atom. The van der Waals surface area contributed by atoms with Crippen LogP contribution in [0.15, 0.2) is 0 Å². The molecule has 0 aliphatic carbocycles. The molecule has 4 N–H and O–H groups in total. The largest absolute Gasteiger partial charge is 0.369 e. The number of carbonyl (C=O) groups excluding carboxylic acids is 1. The summed E-state index contributed by atoms with van der Waals surface area (Å²) in [5, 5.41) is 7.13. The first-order chi connectivity index (χ1) is 8.24. The number of rotatable bonds is 4. The molecule has 0 radical (unpaired) electrons. The highest BCUT2D eigenvalue weighted by Crippen LogP contribution is 2.13. The van der Waals surface area contributed by atoms with Gasteiger partial charge in [0.05, 0.1) is 6.54 Å². The van der Waals surface area contributed by atoms with Gasteiger partial charge in [-0.05, 0) is 38.8 Å². The number of likely N-dealkylation sites (tertiary alicyclic amines) is 1. The Balaban J connectivity index is 1.66.